The number of piperazine rings is 1. The molecule has 4 rings (SSSR count). The number of carbonyl (C=O) groups excluding carboxylic acids is 4. The monoisotopic (exact) mass is 507 g/mol. The zero-order valence-electron chi connectivity index (χ0n) is 20.0. The first kappa shape index (κ1) is 25.7. The molecule has 1 saturated carbocycles. The third-order valence-corrected chi connectivity index (χ3v) is 6.79. The van der Waals surface area contributed by atoms with Crippen LogP contribution < -0.4 is 15.8 Å². The maximum Gasteiger partial charge on any atom is 0.253 e. The highest BCUT2D eigenvalue weighted by Gasteiger charge is 2.43. The van der Waals surface area contributed by atoms with Gasteiger partial charge in [-0.2, -0.15) is 4.39 Å². The van der Waals surface area contributed by atoms with E-state index in [1.165, 1.54) is 11.8 Å². The maximum atomic E-state index is 15.4. The summed E-state index contributed by atoms with van der Waals surface area (Å²) in [7, 11) is 0. The lowest BCUT2D eigenvalue weighted by atomic mass is 9.92. The first-order valence-electron chi connectivity index (χ1n) is 12.0. The highest BCUT2D eigenvalue weighted by Crippen LogP contribution is 2.31. The zero-order valence-corrected chi connectivity index (χ0v) is 20.0. The number of aryl methyl sites for hydroxylation is 1. The van der Waals surface area contributed by atoms with Crippen molar-refractivity contribution in [2.24, 2.45) is 11.8 Å². The number of ether oxygens (including phenoxy) is 1. The van der Waals surface area contributed by atoms with Crippen molar-refractivity contribution in [1.29, 1.82) is 0 Å². The van der Waals surface area contributed by atoms with Crippen LogP contribution in [-0.4, -0.2) is 88.2 Å². The molecular weight excluding hydrogens is 477 g/mol. The summed E-state index contributed by atoms with van der Waals surface area (Å²) in [5.41, 5.74) is 4.83. The summed E-state index contributed by atoms with van der Waals surface area (Å²) < 4.78 is 20.7. The van der Waals surface area contributed by atoms with Gasteiger partial charge in [0.05, 0.1) is 25.7 Å². The summed E-state index contributed by atoms with van der Waals surface area (Å²) >= 11 is 0. The topological polar surface area (TPSA) is 157 Å². The number of anilines is 2. The van der Waals surface area contributed by atoms with E-state index in [-0.39, 0.29) is 61.9 Å². The predicted molar refractivity (Wildman–Crippen MR) is 122 cm³/mol. The molecule has 0 unspecified atom stereocenters. The van der Waals surface area contributed by atoms with Crippen LogP contribution in [0.15, 0.2) is 0 Å². The number of carbonyl (C=O) groups is 4. The van der Waals surface area contributed by atoms with E-state index in [0.717, 1.165) is 30.6 Å². The number of halogens is 1. The molecule has 1 aromatic heterocycles. The van der Waals surface area contributed by atoms with Crippen molar-refractivity contribution in [2.45, 2.75) is 45.1 Å². The zero-order chi connectivity index (χ0) is 25.8. The van der Waals surface area contributed by atoms with Crippen molar-refractivity contribution in [3.63, 3.8) is 0 Å². The minimum absolute atomic E-state index is 0.0129. The molecule has 0 spiro atoms. The maximum absolute atomic E-state index is 15.4. The molecule has 0 bridgehead atoms. The predicted octanol–water partition coefficient (Wildman–Crippen LogP) is -0.0147. The molecule has 3 aliphatic rings. The van der Waals surface area contributed by atoms with Crippen LogP contribution in [0, 0.1) is 24.6 Å². The quantitative estimate of drug-likeness (QED) is 0.237. The molecule has 1 aromatic rings. The number of nitrogens with one attached hydrogen (secondary N) is 2. The smallest absolute Gasteiger partial charge is 0.253 e. The molecule has 0 aromatic carbocycles. The van der Waals surface area contributed by atoms with Gasteiger partial charge in [0.2, 0.25) is 24.0 Å². The number of amides is 4. The summed E-state index contributed by atoms with van der Waals surface area (Å²) in [6.45, 7) is 1.51. The minimum atomic E-state index is -1.02. The van der Waals surface area contributed by atoms with Gasteiger partial charge in [-0.3, -0.25) is 40.1 Å². The Morgan fingerprint density at radius 1 is 1.33 bits per heavy atom. The Labute approximate surface area is 206 Å². The minimum Gasteiger partial charge on any atom is -0.377 e. The largest absolute Gasteiger partial charge is 0.377 e. The number of nitrogens with zero attached hydrogens (tertiary/aromatic N) is 5. The Hall–Kier alpha value is -3.39. The van der Waals surface area contributed by atoms with Gasteiger partial charge in [0.25, 0.3) is 5.91 Å². The highest BCUT2D eigenvalue weighted by atomic mass is 19.1. The fourth-order valence-corrected chi connectivity index (χ4v) is 4.98. The Balaban J connectivity index is 1.49. The first-order valence-corrected chi connectivity index (χ1v) is 12.0. The van der Waals surface area contributed by atoms with Gasteiger partial charge in [-0.25, -0.2) is 15.0 Å². The summed E-state index contributed by atoms with van der Waals surface area (Å²) in [4.78, 5) is 59.7. The summed E-state index contributed by atoms with van der Waals surface area (Å²) in [5.74, 6) is -3.55. The van der Waals surface area contributed by atoms with Crippen LogP contribution in [-0.2, 0) is 23.9 Å². The normalized spacial score (nSPS) is 21.2. The number of hydrogen-bond acceptors (Lipinski definition) is 9. The highest BCUT2D eigenvalue weighted by molar-refractivity contribution is 6.06. The first-order chi connectivity index (χ1) is 17.3. The molecule has 2 saturated heterocycles. The van der Waals surface area contributed by atoms with E-state index < -0.39 is 29.6 Å². The Bertz CT molecular complexity index is 1020. The molecule has 13 nitrogen and oxygen atoms in total. The number of aromatic nitrogens is 2. The van der Waals surface area contributed by atoms with E-state index in [2.05, 4.69) is 20.8 Å². The molecule has 14 heteroatoms. The van der Waals surface area contributed by atoms with Crippen LogP contribution in [0.2, 0.25) is 0 Å². The van der Waals surface area contributed by atoms with Crippen LogP contribution in [0.3, 0.4) is 0 Å². The van der Waals surface area contributed by atoms with Gasteiger partial charge in [0, 0.05) is 6.54 Å². The lowest BCUT2D eigenvalue weighted by Crippen LogP contribution is -2.64. The molecule has 3 heterocycles. The fraction of sp³-hybridized carbons (Fsp3) is 0.636. The van der Waals surface area contributed by atoms with Crippen LogP contribution in [0.25, 0.3) is 0 Å². The van der Waals surface area contributed by atoms with Crippen molar-refractivity contribution in [3.05, 3.63) is 11.6 Å². The molecule has 4 amide bonds. The number of morpholine rings is 1. The van der Waals surface area contributed by atoms with E-state index in [0.29, 0.717) is 18.1 Å². The third-order valence-electron chi connectivity index (χ3n) is 6.79. The van der Waals surface area contributed by atoms with E-state index in [9.17, 15) is 24.4 Å². The van der Waals surface area contributed by atoms with Crippen molar-refractivity contribution < 1.29 is 33.5 Å². The molecule has 2 atom stereocenters. The summed E-state index contributed by atoms with van der Waals surface area (Å²) in [6, 6.07) is -0.860. The lowest BCUT2D eigenvalue weighted by Gasteiger charge is -2.42. The molecule has 2 aliphatic heterocycles. The third kappa shape index (κ3) is 5.54. The number of fused-ring (bicyclic) bond motifs is 1. The van der Waals surface area contributed by atoms with E-state index in [1.54, 1.807) is 0 Å². The molecule has 1 aliphatic carbocycles. The second-order valence-corrected chi connectivity index (χ2v) is 9.28. The number of hydrazine groups is 1. The number of hydrogen-bond donors (Lipinski definition) is 3. The van der Waals surface area contributed by atoms with Crippen LogP contribution in [0.4, 0.5) is 16.0 Å². The van der Waals surface area contributed by atoms with Crippen LogP contribution in [0.1, 0.15) is 37.9 Å². The molecule has 0 radical (unpaired) electrons. The van der Waals surface area contributed by atoms with Gasteiger partial charge < -0.3 is 9.64 Å². The van der Waals surface area contributed by atoms with Gasteiger partial charge in [-0.05, 0) is 19.3 Å². The van der Waals surface area contributed by atoms with Crippen LogP contribution >= 0.6 is 0 Å². The average Bonchev–Trinajstić information content (AvgIpc) is 3.39. The van der Waals surface area contributed by atoms with E-state index >= 15 is 4.39 Å². The Kier molecular flexibility index (Phi) is 7.94. The number of rotatable bonds is 9. The molecule has 196 valence electrons. The van der Waals surface area contributed by atoms with E-state index in [1.807, 2.05) is 0 Å². The van der Waals surface area contributed by atoms with E-state index in [4.69, 9.17) is 4.74 Å². The van der Waals surface area contributed by atoms with Crippen molar-refractivity contribution in [1.82, 2.24) is 25.4 Å². The van der Waals surface area contributed by atoms with Gasteiger partial charge in [-0.1, -0.05) is 25.7 Å². The van der Waals surface area contributed by atoms with Crippen molar-refractivity contribution in [2.75, 3.05) is 43.2 Å². The van der Waals surface area contributed by atoms with Crippen molar-refractivity contribution >= 4 is 35.8 Å². The summed E-state index contributed by atoms with van der Waals surface area (Å²) in [5, 5.41) is 10.0. The second-order valence-electron chi connectivity index (χ2n) is 9.28. The number of hydroxylamine groups is 2. The molecular formula is C22H30FN7O6. The molecule has 36 heavy (non-hydrogen) atoms. The standard InChI is InChI=1S/C22H30FN7O6/c1-13-24-19(26-27-21(33)15(9-28(35)12-31)8-14-4-2-3-5-14)18(23)20(25-13)30-10-17(32)29-6-7-36-11-16(29)22(30)34/h12,14-16,35H,2-11H2,1H3,(H,27,33)(H,24,25,26)/t15-,16+/m1/s1. The van der Waals surface area contributed by atoms with Gasteiger partial charge >= 0.3 is 0 Å². The van der Waals surface area contributed by atoms with Gasteiger partial charge in [-0.15, -0.1) is 0 Å². The van der Waals surface area contributed by atoms with Crippen molar-refractivity contribution in [3.8, 4) is 0 Å². The van der Waals surface area contributed by atoms with Gasteiger partial charge in [0.15, 0.2) is 11.6 Å². The second kappa shape index (κ2) is 11.1. The SMILES string of the molecule is Cc1nc(NNC(=O)[C@H](CC2CCCC2)CN(O)C=O)c(F)c(N2CC(=O)N3CCOC[C@H]3C2=O)n1. The Morgan fingerprint density at radius 3 is 2.81 bits per heavy atom. The molecule has 3 fully saturated rings. The van der Waals surface area contributed by atoms with Gasteiger partial charge in [0.1, 0.15) is 18.4 Å². The van der Waals surface area contributed by atoms with Crippen LogP contribution in [0.5, 0.6) is 0 Å². The summed E-state index contributed by atoms with van der Waals surface area (Å²) in [6.07, 6.45) is 4.71. The Morgan fingerprint density at radius 2 is 2.08 bits per heavy atom. The average molecular weight is 508 g/mol. The lowest BCUT2D eigenvalue weighted by molar-refractivity contribution is -0.154. The fourth-order valence-electron chi connectivity index (χ4n) is 4.98. The molecule has 3 N–H and O–H groups in total.